The van der Waals surface area contributed by atoms with Gasteiger partial charge in [0.2, 0.25) is 0 Å². The van der Waals surface area contributed by atoms with Crippen molar-refractivity contribution in [2.45, 2.75) is 6.29 Å². The van der Waals surface area contributed by atoms with E-state index in [1.165, 1.54) is 6.08 Å². The van der Waals surface area contributed by atoms with Crippen molar-refractivity contribution >= 4 is 0 Å². The summed E-state index contributed by atoms with van der Waals surface area (Å²) in [7, 11) is 0. The van der Waals surface area contributed by atoms with E-state index in [0.29, 0.717) is 5.92 Å². The van der Waals surface area contributed by atoms with Gasteiger partial charge in [-0.15, -0.1) is 0 Å². The molecule has 1 heterocycles. The maximum Gasteiger partial charge on any atom is 0.171 e. The predicted octanol–water partition coefficient (Wildman–Crippen LogP) is -0.371. The number of nitrogens with one attached hydrogen (secondary N) is 1. The highest BCUT2D eigenvalue weighted by molar-refractivity contribution is 5.05. The standard InChI is InChI=1S/C8H13NO2/c10-8(11)4-3-7-2-1-5-9-6-7/h1-4,7-11H,5-6H2. The molecule has 1 rings (SSSR count). The molecule has 0 aliphatic carbocycles. The quantitative estimate of drug-likeness (QED) is 0.376. The molecule has 0 radical (unpaired) electrons. The molecule has 0 aromatic carbocycles. The maximum atomic E-state index is 8.51. The SMILES string of the molecule is OC(O)C=CC1C=CCNC1. The van der Waals surface area contributed by atoms with Crippen molar-refractivity contribution in [3.63, 3.8) is 0 Å². The zero-order chi connectivity index (χ0) is 8.10. The Morgan fingerprint density at radius 3 is 2.91 bits per heavy atom. The van der Waals surface area contributed by atoms with Crippen LogP contribution in [-0.4, -0.2) is 29.6 Å². The monoisotopic (exact) mass is 155 g/mol. The molecule has 0 fully saturated rings. The minimum Gasteiger partial charge on any atom is -0.365 e. The Bertz CT molecular complexity index is 163. The van der Waals surface area contributed by atoms with Crippen molar-refractivity contribution in [3.05, 3.63) is 24.3 Å². The van der Waals surface area contributed by atoms with Crippen molar-refractivity contribution in [2.24, 2.45) is 5.92 Å². The van der Waals surface area contributed by atoms with E-state index in [-0.39, 0.29) is 0 Å². The van der Waals surface area contributed by atoms with Crippen LogP contribution in [0, 0.1) is 5.92 Å². The number of aliphatic hydroxyl groups excluding tert-OH is 1. The van der Waals surface area contributed by atoms with E-state index in [0.717, 1.165) is 13.1 Å². The Balaban J connectivity index is 2.35. The number of hydrogen-bond donors (Lipinski definition) is 3. The molecule has 0 amide bonds. The Morgan fingerprint density at radius 2 is 2.36 bits per heavy atom. The first-order chi connectivity index (χ1) is 5.29. The summed E-state index contributed by atoms with van der Waals surface area (Å²) in [6.07, 6.45) is 5.91. The largest absolute Gasteiger partial charge is 0.365 e. The van der Waals surface area contributed by atoms with E-state index in [2.05, 4.69) is 11.4 Å². The zero-order valence-electron chi connectivity index (χ0n) is 6.27. The summed E-state index contributed by atoms with van der Waals surface area (Å²) in [5, 5.41) is 20.2. The second kappa shape index (κ2) is 4.28. The fraction of sp³-hybridized carbons (Fsp3) is 0.500. The summed E-state index contributed by atoms with van der Waals surface area (Å²) in [6, 6.07) is 0. The topological polar surface area (TPSA) is 52.5 Å². The van der Waals surface area contributed by atoms with Crippen molar-refractivity contribution in [1.82, 2.24) is 5.32 Å². The molecule has 62 valence electrons. The molecule has 1 aliphatic heterocycles. The molecule has 1 aliphatic rings. The molecular weight excluding hydrogens is 142 g/mol. The minimum absolute atomic E-state index is 0.297. The molecule has 0 bridgehead atoms. The van der Waals surface area contributed by atoms with Gasteiger partial charge in [-0.3, -0.25) is 0 Å². The summed E-state index contributed by atoms with van der Waals surface area (Å²) in [6.45, 7) is 1.78. The van der Waals surface area contributed by atoms with Crippen molar-refractivity contribution < 1.29 is 10.2 Å². The van der Waals surface area contributed by atoms with E-state index in [1.54, 1.807) is 6.08 Å². The Morgan fingerprint density at radius 1 is 1.55 bits per heavy atom. The molecule has 11 heavy (non-hydrogen) atoms. The molecule has 0 spiro atoms. The highest BCUT2D eigenvalue weighted by Gasteiger charge is 2.02. The van der Waals surface area contributed by atoms with Crippen LogP contribution in [0.4, 0.5) is 0 Å². The van der Waals surface area contributed by atoms with Gasteiger partial charge in [0.05, 0.1) is 0 Å². The Kier molecular flexibility index (Phi) is 3.29. The van der Waals surface area contributed by atoms with Crippen LogP contribution >= 0.6 is 0 Å². The lowest BCUT2D eigenvalue weighted by Gasteiger charge is -2.13. The highest BCUT2D eigenvalue weighted by Crippen LogP contribution is 2.03. The average molecular weight is 155 g/mol. The zero-order valence-corrected chi connectivity index (χ0v) is 6.27. The van der Waals surface area contributed by atoms with Crippen LogP contribution in [0.3, 0.4) is 0 Å². The molecule has 0 aromatic rings. The molecule has 3 N–H and O–H groups in total. The third-order valence-electron chi connectivity index (χ3n) is 1.56. The first-order valence-corrected chi connectivity index (χ1v) is 3.71. The van der Waals surface area contributed by atoms with E-state index in [4.69, 9.17) is 10.2 Å². The van der Waals surface area contributed by atoms with Gasteiger partial charge < -0.3 is 15.5 Å². The van der Waals surface area contributed by atoms with E-state index >= 15 is 0 Å². The number of aliphatic hydroxyl groups is 2. The molecule has 3 nitrogen and oxygen atoms in total. The van der Waals surface area contributed by atoms with Crippen LogP contribution in [-0.2, 0) is 0 Å². The molecule has 1 unspecified atom stereocenters. The molecule has 0 aromatic heterocycles. The van der Waals surface area contributed by atoms with Gasteiger partial charge in [-0.05, 0) is 6.08 Å². The fourth-order valence-corrected chi connectivity index (χ4v) is 1.02. The predicted molar refractivity (Wildman–Crippen MR) is 42.9 cm³/mol. The molecule has 1 atom stereocenters. The second-order valence-corrected chi connectivity index (χ2v) is 2.55. The van der Waals surface area contributed by atoms with Crippen molar-refractivity contribution in [3.8, 4) is 0 Å². The smallest absolute Gasteiger partial charge is 0.171 e. The van der Waals surface area contributed by atoms with Gasteiger partial charge in [0.1, 0.15) is 0 Å². The lowest BCUT2D eigenvalue weighted by atomic mass is 10.1. The molecule has 3 heteroatoms. The minimum atomic E-state index is -1.33. The number of rotatable bonds is 2. The van der Waals surface area contributed by atoms with Gasteiger partial charge in [0.15, 0.2) is 6.29 Å². The summed E-state index contributed by atoms with van der Waals surface area (Å²) < 4.78 is 0. The van der Waals surface area contributed by atoms with Gasteiger partial charge in [-0.1, -0.05) is 18.2 Å². The lowest BCUT2D eigenvalue weighted by Crippen LogP contribution is -2.24. The van der Waals surface area contributed by atoms with Crippen LogP contribution in [0.1, 0.15) is 0 Å². The average Bonchev–Trinajstić information content (AvgIpc) is 2.03. The van der Waals surface area contributed by atoms with Crippen LogP contribution in [0.2, 0.25) is 0 Å². The first-order valence-electron chi connectivity index (χ1n) is 3.71. The molecular formula is C8H13NO2. The summed E-state index contributed by atoms with van der Waals surface area (Å²) >= 11 is 0. The van der Waals surface area contributed by atoms with Crippen LogP contribution in [0.5, 0.6) is 0 Å². The number of hydrogen-bond acceptors (Lipinski definition) is 3. The van der Waals surface area contributed by atoms with Crippen molar-refractivity contribution in [2.75, 3.05) is 13.1 Å². The Labute approximate surface area is 66.0 Å². The Hall–Kier alpha value is -0.640. The van der Waals surface area contributed by atoms with Gasteiger partial charge in [-0.25, -0.2) is 0 Å². The molecule has 0 saturated carbocycles. The summed E-state index contributed by atoms with van der Waals surface area (Å²) in [5.41, 5.74) is 0. The third-order valence-corrected chi connectivity index (χ3v) is 1.56. The van der Waals surface area contributed by atoms with Gasteiger partial charge in [-0.2, -0.15) is 0 Å². The lowest BCUT2D eigenvalue weighted by molar-refractivity contribution is 0.00203. The first kappa shape index (κ1) is 8.46. The van der Waals surface area contributed by atoms with E-state index < -0.39 is 6.29 Å². The molecule has 0 saturated heterocycles. The fourth-order valence-electron chi connectivity index (χ4n) is 1.02. The van der Waals surface area contributed by atoms with Gasteiger partial charge in [0, 0.05) is 19.0 Å². The summed E-state index contributed by atoms with van der Waals surface area (Å²) in [4.78, 5) is 0. The van der Waals surface area contributed by atoms with Crippen LogP contribution < -0.4 is 5.32 Å². The van der Waals surface area contributed by atoms with E-state index in [9.17, 15) is 0 Å². The van der Waals surface area contributed by atoms with Crippen LogP contribution in [0.15, 0.2) is 24.3 Å². The van der Waals surface area contributed by atoms with Crippen molar-refractivity contribution in [1.29, 1.82) is 0 Å². The van der Waals surface area contributed by atoms with E-state index in [1.807, 2.05) is 6.08 Å². The maximum absolute atomic E-state index is 8.51. The third kappa shape index (κ3) is 3.32. The second-order valence-electron chi connectivity index (χ2n) is 2.55. The van der Waals surface area contributed by atoms with Gasteiger partial charge >= 0.3 is 0 Å². The highest BCUT2D eigenvalue weighted by atomic mass is 16.5. The van der Waals surface area contributed by atoms with Crippen LogP contribution in [0.25, 0.3) is 0 Å². The van der Waals surface area contributed by atoms with Gasteiger partial charge in [0.25, 0.3) is 0 Å². The normalized spacial score (nSPS) is 25.2. The summed E-state index contributed by atoms with van der Waals surface area (Å²) in [5.74, 6) is 0.297.